The van der Waals surface area contributed by atoms with Crippen LogP contribution in [-0.2, 0) is 20.5 Å². The molecule has 0 aromatic heterocycles. The van der Waals surface area contributed by atoms with Gasteiger partial charge in [-0.3, -0.25) is 13.2 Å². The summed E-state index contributed by atoms with van der Waals surface area (Å²) < 4.78 is 29.2. The van der Waals surface area contributed by atoms with Gasteiger partial charge >= 0.3 is 0 Å². The van der Waals surface area contributed by atoms with Crippen LogP contribution in [0.1, 0.15) is 133 Å². The lowest BCUT2D eigenvalue weighted by Crippen LogP contribution is -2.16. The lowest BCUT2D eigenvalue weighted by molar-refractivity contribution is 0.388. The monoisotopic (exact) mass is 547 g/mol. The minimum absolute atomic E-state index is 0. The molecule has 0 aromatic carbocycles. The summed E-state index contributed by atoms with van der Waals surface area (Å²) in [4.78, 5) is 0. The fourth-order valence-electron chi connectivity index (χ4n) is 4.83. The summed E-state index contributed by atoms with van der Waals surface area (Å²) in [6.45, 7) is 0. The van der Waals surface area contributed by atoms with E-state index in [1.165, 1.54) is 96.3 Å². The van der Waals surface area contributed by atoms with E-state index in [0.29, 0.717) is 11.7 Å². The Kier molecular flexibility index (Phi) is 34.5. The Hall–Kier alpha value is 0.390. The Morgan fingerprint density at radius 1 is 0.706 bits per heavy atom. The van der Waals surface area contributed by atoms with E-state index in [9.17, 15) is 8.42 Å². The van der Waals surface area contributed by atoms with E-state index >= 15 is 0 Å². The second-order valence-corrected chi connectivity index (χ2v) is 13.7. The molecular weight excluding hydrogens is 482 g/mol. The molecule has 0 bridgehead atoms. The van der Waals surface area contributed by atoms with E-state index in [-0.39, 0.29) is 37.1 Å². The van der Waals surface area contributed by atoms with Crippen LogP contribution in [0.15, 0.2) is 0 Å². The minimum atomic E-state index is -2.22. The first-order valence-corrected chi connectivity index (χ1v) is 16.3. The molecule has 34 heavy (non-hydrogen) atoms. The summed E-state index contributed by atoms with van der Waals surface area (Å²) in [6, 6.07) is 0. The molecule has 2 unspecified atom stereocenters. The summed E-state index contributed by atoms with van der Waals surface area (Å²) in [5.74, 6) is 4.68. The van der Waals surface area contributed by atoms with Gasteiger partial charge in [0.2, 0.25) is 0 Å². The van der Waals surface area contributed by atoms with Gasteiger partial charge in [-0.2, -0.15) is 0 Å². The zero-order valence-corrected chi connectivity index (χ0v) is 21.4. The van der Waals surface area contributed by atoms with Crippen LogP contribution in [0.5, 0.6) is 0 Å². The van der Waals surface area contributed by atoms with Crippen molar-refractivity contribution < 1.29 is 8.42 Å². The van der Waals surface area contributed by atoms with Gasteiger partial charge in [-0.05, 0) is 56.3 Å². The van der Waals surface area contributed by atoms with Gasteiger partial charge in [-0.1, -0.05) is 94.9 Å². The number of hydrogen-bond donors (Lipinski definition) is 1. The highest BCUT2D eigenvalue weighted by Crippen LogP contribution is 2.25. The highest BCUT2D eigenvalue weighted by Gasteiger charge is 2.16. The number of alkyl halides is 1. The Labute approximate surface area is 225 Å². The predicted octanol–water partition coefficient (Wildman–Crippen LogP) is 10.2. The second kappa shape index (κ2) is 26.5. The zero-order chi connectivity index (χ0) is 21.5. The largest absolute Gasteiger partial charge is 0.260 e. The zero-order valence-electron chi connectivity index (χ0n) is 19.0. The van der Waals surface area contributed by atoms with Gasteiger partial charge in [0.25, 0.3) is 0 Å². The maximum atomic E-state index is 11.1. The van der Waals surface area contributed by atoms with E-state index in [1.807, 2.05) is 6.26 Å². The molecule has 0 spiro atoms. The molecule has 6 heteroatoms. The van der Waals surface area contributed by atoms with Crippen molar-refractivity contribution in [3.8, 4) is 0 Å². The molecule has 3 fully saturated rings. The fourth-order valence-corrected chi connectivity index (χ4v) is 7.37. The predicted molar refractivity (Wildman–Crippen MR) is 165 cm³/mol. The fraction of sp³-hybridized carbons (Fsp3) is 1.00. The van der Waals surface area contributed by atoms with E-state index in [1.54, 1.807) is 6.26 Å². The molecular formula is C28H66ClNO2S2. The molecule has 0 saturated heterocycles. The van der Waals surface area contributed by atoms with Crippen LogP contribution in [0.25, 0.3) is 0 Å². The maximum absolute atomic E-state index is 11.1. The Morgan fingerprint density at radius 2 is 1.03 bits per heavy atom. The Bertz CT molecular complexity index is 523. The molecule has 0 aliphatic heterocycles. The third-order valence-corrected chi connectivity index (χ3v) is 8.90. The molecule has 2 atom stereocenters. The number of rotatable bonds is 5. The molecule has 0 aromatic rings. The number of hydrogen-bond acceptors (Lipinski definition) is 3. The molecule has 3 rings (SSSR count). The SMILES string of the molecule is C.C.C.C.C.CS(=N)(=O)CC1CCCCC1.CS(=O)CC1CCCCC1.ClCC1CCCCC1. The van der Waals surface area contributed by atoms with Crippen molar-refractivity contribution in [2.75, 3.05) is 29.9 Å². The van der Waals surface area contributed by atoms with Crippen molar-refractivity contribution in [1.29, 1.82) is 4.78 Å². The summed E-state index contributed by atoms with van der Waals surface area (Å²) in [5, 5.41) is 0. The van der Waals surface area contributed by atoms with Crippen molar-refractivity contribution >= 4 is 32.1 Å². The smallest absolute Gasteiger partial charge is 0.0415 e. The quantitative estimate of drug-likeness (QED) is 0.348. The molecule has 0 radical (unpaired) electrons. The highest BCUT2D eigenvalue weighted by molar-refractivity contribution is 7.91. The minimum Gasteiger partial charge on any atom is -0.260 e. The van der Waals surface area contributed by atoms with Crippen molar-refractivity contribution in [2.45, 2.75) is 133 Å². The normalized spacial score (nSPS) is 21.3. The number of nitrogens with one attached hydrogen (secondary N) is 1. The van der Waals surface area contributed by atoms with Gasteiger partial charge in [0.1, 0.15) is 0 Å². The molecule has 0 amide bonds. The molecule has 1 N–H and O–H groups in total. The first-order chi connectivity index (χ1) is 13.8. The van der Waals surface area contributed by atoms with Crippen LogP contribution in [0.3, 0.4) is 0 Å². The van der Waals surface area contributed by atoms with Gasteiger partial charge in [0.15, 0.2) is 0 Å². The Morgan fingerprint density at radius 3 is 1.29 bits per heavy atom. The lowest BCUT2D eigenvalue weighted by Gasteiger charge is -2.20. The van der Waals surface area contributed by atoms with Crippen molar-refractivity contribution in [1.82, 2.24) is 0 Å². The van der Waals surface area contributed by atoms with Gasteiger partial charge in [0.05, 0.1) is 0 Å². The molecule has 3 nitrogen and oxygen atoms in total. The van der Waals surface area contributed by atoms with Gasteiger partial charge < -0.3 is 0 Å². The molecule has 3 aliphatic rings. The van der Waals surface area contributed by atoms with Crippen LogP contribution in [0.4, 0.5) is 0 Å². The topological polar surface area (TPSA) is 58.0 Å². The van der Waals surface area contributed by atoms with E-state index in [2.05, 4.69) is 0 Å². The molecule has 3 saturated carbocycles. The van der Waals surface area contributed by atoms with Crippen molar-refractivity contribution in [3.63, 3.8) is 0 Å². The van der Waals surface area contributed by atoms with E-state index in [4.69, 9.17) is 16.4 Å². The molecule has 214 valence electrons. The van der Waals surface area contributed by atoms with Crippen LogP contribution in [0, 0.1) is 22.5 Å². The van der Waals surface area contributed by atoms with Crippen LogP contribution in [-0.4, -0.2) is 38.3 Å². The van der Waals surface area contributed by atoms with E-state index < -0.39 is 20.5 Å². The summed E-state index contributed by atoms with van der Waals surface area (Å²) in [7, 11) is -2.79. The number of halogens is 1. The Balaban J connectivity index is -0.000000116. The lowest BCUT2D eigenvalue weighted by atomic mass is 9.91. The van der Waals surface area contributed by atoms with Gasteiger partial charge in [-0.15, -0.1) is 11.6 Å². The average Bonchev–Trinajstić information content (AvgIpc) is 2.69. The first kappa shape index (κ1) is 44.4. The van der Waals surface area contributed by atoms with Gasteiger partial charge in [0, 0.05) is 50.4 Å². The average molecular weight is 548 g/mol. The molecule has 0 heterocycles. The summed E-state index contributed by atoms with van der Waals surface area (Å²) >= 11 is 5.68. The van der Waals surface area contributed by atoms with Crippen molar-refractivity contribution in [2.24, 2.45) is 17.8 Å². The van der Waals surface area contributed by atoms with Crippen LogP contribution in [0.2, 0.25) is 0 Å². The molecule has 3 aliphatic carbocycles. The van der Waals surface area contributed by atoms with E-state index in [0.717, 1.165) is 23.5 Å². The third kappa shape index (κ3) is 25.5. The second-order valence-electron chi connectivity index (χ2n) is 9.58. The van der Waals surface area contributed by atoms with Gasteiger partial charge in [-0.25, -0.2) is 0 Å². The third-order valence-electron chi connectivity index (χ3n) is 6.42. The standard InChI is InChI=1S/C8H17NOS.C8H16OS.C7H13Cl.5CH4/c1-11(9,10)7-8-5-3-2-4-6-8;1-10(9)7-8-5-3-2-4-6-8;8-6-7-4-2-1-3-5-7;;;;;/h8-9H,2-7H2,1H3;8H,2-7H2,1H3;7H,1-6H2;5*1H4. The highest BCUT2D eigenvalue weighted by atomic mass is 35.5. The van der Waals surface area contributed by atoms with Crippen molar-refractivity contribution in [3.05, 3.63) is 0 Å². The van der Waals surface area contributed by atoms with Crippen LogP contribution < -0.4 is 0 Å². The first-order valence-electron chi connectivity index (χ1n) is 11.9. The summed E-state index contributed by atoms with van der Waals surface area (Å²) in [6.07, 6.45) is 23.4. The maximum Gasteiger partial charge on any atom is 0.0415 e. The van der Waals surface area contributed by atoms with Crippen LogP contribution >= 0.6 is 11.6 Å². The summed E-state index contributed by atoms with van der Waals surface area (Å²) in [5.41, 5.74) is 0.